The largest absolute Gasteiger partial charge is 0.414 e. The zero-order valence-corrected chi connectivity index (χ0v) is 18.6. The van der Waals surface area contributed by atoms with Crippen LogP contribution < -0.4 is 15.4 Å². The molecule has 0 aliphatic rings. The van der Waals surface area contributed by atoms with E-state index in [1.165, 1.54) is 4.90 Å². The van der Waals surface area contributed by atoms with Crippen LogP contribution >= 0.6 is 0 Å². The molecule has 0 saturated heterocycles. The van der Waals surface area contributed by atoms with Gasteiger partial charge in [0.15, 0.2) is 0 Å². The fourth-order valence-electron chi connectivity index (χ4n) is 2.88. The average Bonchev–Trinajstić information content (AvgIpc) is 2.75. The van der Waals surface area contributed by atoms with Crippen molar-refractivity contribution < 1.29 is 19.1 Å². The first-order chi connectivity index (χ1) is 14.8. The molecule has 7 heteroatoms. The summed E-state index contributed by atoms with van der Waals surface area (Å²) in [6.45, 7) is 6.06. The lowest BCUT2D eigenvalue weighted by atomic mass is 10.0. The minimum atomic E-state index is -0.408. The van der Waals surface area contributed by atoms with E-state index in [0.717, 1.165) is 23.8 Å². The zero-order chi connectivity index (χ0) is 22.8. The summed E-state index contributed by atoms with van der Waals surface area (Å²) < 4.78 is 5.43. The third-order valence-corrected chi connectivity index (χ3v) is 4.66. The molecular weight excluding hydrogens is 394 g/mol. The van der Waals surface area contributed by atoms with Gasteiger partial charge in [0.25, 0.3) is 5.91 Å². The van der Waals surface area contributed by atoms with Gasteiger partial charge in [0.1, 0.15) is 12.0 Å². The predicted molar refractivity (Wildman–Crippen MR) is 121 cm³/mol. The molecule has 0 saturated carbocycles. The van der Waals surface area contributed by atoms with Crippen LogP contribution in [-0.2, 0) is 6.54 Å². The Labute approximate surface area is 183 Å². The van der Waals surface area contributed by atoms with E-state index in [1.54, 1.807) is 38.4 Å². The second-order valence-electron chi connectivity index (χ2n) is 7.86. The van der Waals surface area contributed by atoms with E-state index < -0.39 is 6.09 Å². The summed E-state index contributed by atoms with van der Waals surface area (Å²) in [6.07, 6.45) is 1.07. The molecule has 0 bridgehead atoms. The van der Waals surface area contributed by atoms with Crippen molar-refractivity contribution in [2.45, 2.75) is 32.7 Å². The highest BCUT2D eigenvalue weighted by molar-refractivity contribution is 5.95. The van der Waals surface area contributed by atoms with E-state index in [4.69, 9.17) is 4.74 Å². The number of rotatable bonds is 10. The summed E-state index contributed by atoms with van der Waals surface area (Å²) in [5.74, 6) is 0.650. The standard InChI is InChI=1S/C24H31N3O4/c1-17(2)21-12-19(13-22(14-21)31-24(30)27(3)4)15-25-9-6-10-26-23(29)20-8-5-7-18(11-20)16-28/h5,7-8,11-14,16-17,25H,6,9-10,15H2,1-4H3,(H,26,29). The molecule has 0 spiro atoms. The molecule has 0 aromatic heterocycles. The van der Waals surface area contributed by atoms with Gasteiger partial charge in [0.2, 0.25) is 0 Å². The number of ether oxygens (including phenoxy) is 1. The molecule has 0 fully saturated rings. The second kappa shape index (κ2) is 11.9. The normalized spacial score (nSPS) is 10.6. The quantitative estimate of drug-likeness (QED) is 0.449. The smallest absolute Gasteiger partial charge is 0.410 e. The lowest BCUT2D eigenvalue weighted by Gasteiger charge is -2.15. The fraction of sp³-hybridized carbons (Fsp3) is 0.375. The highest BCUT2D eigenvalue weighted by atomic mass is 16.6. The van der Waals surface area contributed by atoms with Crippen molar-refractivity contribution in [2.75, 3.05) is 27.2 Å². The number of nitrogens with zero attached hydrogens (tertiary/aromatic N) is 1. The van der Waals surface area contributed by atoms with Crippen molar-refractivity contribution in [3.05, 3.63) is 64.7 Å². The van der Waals surface area contributed by atoms with E-state index in [9.17, 15) is 14.4 Å². The summed E-state index contributed by atoms with van der Waals surface area (Å²) >= 11 is 0. The molecule has 31 heavy (non-hydrogen) atoms. The highest BCUT2D eigenvalue weighted by Crippen LogP contribution is 2.23. The van der Waals surface area contributed by atoms with Gasteiger partial charge in [0.05, 0.1) is 0 Å². The molecule has 166 valence electrons. The van der Waals surface area contributed by atoms with Crippen LogP contribution in [0.4, 0.5) is 4.79 Å². The zero-order valence-electron chi connectivity index (χ0n) is 18.6. The number of nitrogens with one attached hydrogen (secondary N) is 2. The van der Waals surface area contributed by atoms with Gasteiger partial charge in [-0.3, -0.25) is 9.59 Å². The number of amides is 2. The Bertz CT molecular complexity index is 909. The van der Waals surface area contributed by atoms with Crippen LogP contribution in [0.25, 0.3) is 0 Å². The first kappa shape index (κ1) is 24.1. The molecule has 0 heterocycles. The monoisotopic (exact) mass is 425 g/mol. The highest BCUT2D eigenvalue weighted by Gasteiger charge is 2.11. The number of hydrogen-bond donors (Lipinski definition) is 2. The Morgan fingerprint density at radius 2 is 1.87 bits per heavy atom. The first-order valence-corrected chi connectivity index (χ1v) is 10.4. The Hall–Kier alpha value is -3.19. The van der Waals surface area contributed by atoms with Crippen LogP contribution in [-0.4, -0.2) is 50.4 Å². The molecule has 2 aromatic rings. The van der Waals surface area contributed by atoms with Crippen molar-refractivity contribution in [2.24, 2.45) is 0 Å². The van der Waals surface area contributed by atoms with Crippen LogP contribution in [0.5, 0.6) is 5.75 Å². The minimum absolute atomic E-state index is 0.194. The van der Waals surface area contributed by atoms with Gasteiger partial charge in [-0.2, -0.15) is 0 Å². The van der Waals surface area contributed by atoms with E-state index >= 15 is 0 Å². The van der Waals surface area contributed by atoms with Gasteiger partial charge in [-0.1, -0.05) is 32.0 Å². The molecule has 2 aromatic carbocycles. The Morgan fingerprint density at radius 1 is 1.10 bits per heavy atom. The third-order valence-electron chi connectivity index (χ3n) is 4.66. The number of hydrogen-bond acceptors (Lipinski definition) is 5. The summed E-state index contributed by atoms with van der Waals surface area (Å²) in [4.78, 5) is 36.2. The van der Waals surface area contributed by atoms with E-state index in [-0.39, 0.29) is 5.91 Å². The lowest BCUT2D eigenvalue weighted by Crippen LogP contribution is -2.27. The first-order valence-electron chi connectivity index (χ1n) is 10.4. The third kappa shape index (κ3) is 7.86. The van der Waals surface area contributed by atoms with Gasteiger partial charge >= 0.3 is 6.09 Å². The Balaban J connectivity index is 1.81. The molecule has 0 radical (unpaired) electrons. The van der Waals surface area contributed by atoms with Crippen LogP contribution in [0.15, 0.2) is 42.5 Å². The minimum Gasteiger partial charge on any atom is -0.410 e. The average molecular weight is 426 g/mol. The number of aldehydes is 1. The van der Waals surface area contributed by atoms with E-state index in [2.05, 4.69) is 30.5 Å². The van der Waals surface area contributed by atoms with Crippen LogP contribution in [0, 0.1) is 0 Å². The van der Waals surface area contributed by atoms with Crippen molar-refractivity contribution >= 4 is 18.3 Å². The predicted octanol–water partition coefficient (Wildman–Crippen LogP) is 3.59. The van der Waals surface area contributed by atoms with Crippen molar-refractivity contribution in [1.29, 1.82) is 0 Å². The molecule has 2 N–H and O–H groups in total. The van der Waals surface area contributed by atoms with Gasteiger partial charge in [-0.25, -0.2) is 4.79 Å². The van der Waals surface area contributed by atoms with Crippen LogP contribution in [0.2, 0.25) is 0 Å². The van der Waals surface area contributed by atoms with Gasteiger partial charge < -0.3 is 20.3 Å². The van der Waals surface area contributed by atoms with Gasteiger partial charge in [-0.15, -0.1) is 0 Å². The molecule has 7 nitrogen and oxygen atoms in total. The van der Waals surface area contributed by atoms with Crippen LogP contribution in [0.3, 0.4) is 0 Å². The summed E-state index contributed by atoms with van der Waals surface area (Å²) in [7, 11) is 3.30. The number of benzene rings is 2. The summed E-state index contributed by atoms with van der Waals surface area (Å²) in [5, 5.41) is 6.21. The van der Waals surface area contributed by atoms with Crippen molar-refractivity contribution in [1.82, 2.24) is 15.5 Å². The maximum atomic E-state index is 12.1. The van der Waals surface area contributed by atoms with E-state index in [0.29, 0.717) is 42.4 Å². The SMILES string of the molecule is CC(C)c1cc(CNCCCNC(=O)c2cccc(C=O)c2)cc(OC(=O)N(C)C)c1. The second-order valence-corrected chi connectivity index (χ2v) is 7.86. The van der Waals surface area contributed by atoms with Crippen LogP contribution in [0.1, 0.15) is 58.0 Å². The summed E-state index contributed by atoms with van der Waals surface area (Å²) in [6, 6.07) is 12.5. The molecule has 0 atom stereocenters. The topological polar surface area (TPSA) is 87.7 Å². The van der Waals surface area contributed by atoms with Crippen molar-refractivity contribution in [3.63, 3.8) is 0 Å². The van der Waals surface area contributed by atoms with Crippen molar-refractivity contribution in [3.8, 4) is 5.75 Å². The molecule has 2 amide bonds. The number of carbonyl (C=O) groups excluding carboxylic acids is 3. The Morgan fingerprint density at radius 3 is 2.55 bits per heavy atom. The molecule has 0 aliphatic carbocycles. The number of carbonyl (C=O) groups is 3. The molecule has 0 aliphatic heterocycles. The molecular formula is C24H31N3O4. The molecule has 0 unspecified atom stereocenters. The maximum Gasteiger partial charge on any atom is 0.414 e. The Kier molecular flexibility index (Phi) is 9.21. The lowest BCUT2D eigenvalue weighted by molar-refractivity contribution is 0.0953. The van der Waals surface area contributed by atoms with E-state index in [1.807, 2.05) is 12.1 Å². The van der Waals surface area contributed by atoms with Gasteiger partial charge in [-0.05, 0) is 54.3 Å². The fourth-order valence-corrected chi connectivity index (χ4v) is 2.88. The summed E-state index contributed by atoms with van der Waals surface area (Å²) in [5.41, 5.74) is 3.09. The van der Waals surface area contributed by atoms with Gasteiger partial charge in [0, 0.05) is 38.3 Å². The molecule has 2 rings (SSSR count). The maximum absolute atomic E-state index is 12.1.